The van der Waals surface area contributed by atoms with Crippen molar-refractivity contribution in [3.8, 4) is 0 Å². The predicted octanol–water partition coefficient (Wildman–Crippen LogP) is 1.14. The number of piperidine rings is 1. The van der Waals surface area contributed by atoms with Gasteiger partial charge in [-0.05, 0) is 44.5 Å². The van der Waals surface area contributed by atoms with Crippen molar-refractivity contribution in [3.63, 3.8) is 0 Å². The van der Waals surface area contributed by atoms with Gasteiger partial charge in [0.15, 0.2) is 0 Å². The molecule has 0 radical (unpaired) electrons. The molecule has 3 heterocycles. The van der Waals surface area contributed by atoms with Crippen LogP contribution < -0.4 is 10.2 Å². The molecule has 2 amide bonds. The number of hydrogen-bond acceptors (Lipinski definition) is 7. The monoisotopic (exact) mass is 496 g/mol. The first-order chi connectivity index (χ1) is 15.9. The Bertz CT molecular complexity index is 981. The minimum atomic E-state index is -3.70. The molecule has 1 atom stereocenters. The minimum Gasteiger partial charge on any atom is -0.379 e. The Hall–Kier alpha value is -1.66. The lowest BCUT2D eigenvalue weighted by molar-refractivity contribution is -0.123. The molecule has 1 aromatic rings. The second-order valence-electron chi connectivity index (χ2n) is 8.65. The van der Waals surface area contributed by atoms with E-state index >= 15 is 0 Å². The molecule has 2 saturated heterocycles. The first-order valence-corrected chi connectivity index (χ1v) is 13.9. The van der Waals surface area contributed by atoms with Gasteiger partial charge in [0.25, 0.3) is 0 Å². The fourth-order valence-electron chi connectivity index (χ4n) is 4.48. The van der Waals surface area contributed by atoms with Crippen LogP contribution in [0.2, 0.25) is 0 Å². The molecule has 3 aliphatic rings. The second-order valence-corrected chi connectivity index (χ2v) is 11.6. The molecule has 9 nitrogen and oxygen atoms in total. The molecule has 0 unspecified atom stereocenters. The van der Waals surface area contributed by atoms with Crippen LogP contribution in [0.15, 0.2) is 28.0 Å². The van der Waals surface area contributed by atoms with E-state index in [9.17, 15) is 18.0 Å². The van der Waals surface area contributed by atoms with Gasteiger partial charge in [-0.2, -0.15) is 4.31 Å². The summed E-state index contributed by atoms with van der Waals surface area (Å²) in [7, 11) is -3.70. The van der Waals surface area contributed by atoms with Gasteiger partial charge in [-0.3, -0.25) is 14.5 Å². The third-order valence-electron chi connectivity index (χ3n) is 6.44. The molecule has 11 heteroatoms. The number of thioether (sulfide) groups is 1. The number of benzene rings is 1. The number of carbonyl (C=O) groups is 2. The molecule has 182 valence electrons. The molecule has 4 rings (SSSR count). The highest BCUT2D eigenvalue weighted by Crippen LogP contribution is 2.37. The standard InChI is InChI=1S/C22H32N4O5S2/c1-17-4-2-3-8-24(17)9-7-23-21(27)15-26-19-14-18(5-6-20(19)32-16-22(26)28)33(29,30)25-10-12-31-13-11-25/h5-6,14,17H,2-4,7-13,15-16H2,1H3,(H,23,27)/t17-/m0/s1. The highest BCUT2D eigenvalue weighted by atomic mass is 32.2. The van der Waals surface area contributed by atoms with Crippen LogP contribution in [0.3, 0.4) is 0 Å². The highest BCUT2D eigenvalue weighted by molar-refractivity contribution is 8.00. The lowest BCUT2D eigenvalue weighted by atomic mass is 10.0. The van der Waals surface area contributed by atoms with Gasteiger partial charge < -0.3 is 15.0 Å². The van der Waals surface area contributed by atoms with E-state index in [0.717, 1.165) is 18.0 Å². The van der Waals surface area contributed by atoms with Crippen molar-refractivity contribution in [1.29, 1.82) is 0 Å². The summed E-state index contributed by atoms with van der Waals surface area (Å²) in [6.07, 6.45) is 3.62. The first-order valence-electron chi connectivity index (χ1n) is 11.5. The number of fused-ring (bicyclic) bond motifs is 1. The maximum absolute atomic E-state index is 13.1. The number of amides is 2. The maximum atomic E-state index is 13.1. The largest absolute Gasteiger partial charge is 0.379 e. The third kappa shape index (κ3) is 5.71. The molecule has 0 spiro atoms. The van der Waals surface area contributed by atoms with Crippen LogP contribution in [0.25, 0.3) is 0 Å². The number of ether oxygens (including phenoxy) is 1. The zero-order valence-corrected chi connectivity index (χ0v) is 20.6. The number of nitrogens with one attached hydrogen (secondary N) is 1. The summed E-state index contributed by atoms with van der Waals surface area (Å²) in [5.74, 6) is -0.221. The average molecular weight is 497 g/mol. The summed E-state index contributed by atoms with van der Waals surface area (Å²) < 4.78 is 32.8. The Balaban J connectivity index is 1.43. The smallest absolute Gasteiger partial charge is 0.243 e. The van der Waals surface area contributed by atoms with Crippen molar-refractivity contribution in [2.24, 2.45) is 0 Å². The van der Waals surface area contributed by atoms with E-state index in [0.29, 0.717) is 44.6 Å². The minimum absolute atomic E-state index is 0.122. The van der Waals surface area contributed by atoms with Crippen LogP contribution in [0.4, 0.5) is 5.69 Å². The van der Waals surface area contributed by atoms with Crippen molar-refractivity contribution >= 4 is 39.3 Å². The molecule has 0 aromatic heterocycles. The number of likely N-dealkylation sites (tertiary alicyclic amines) is 1. The van der Waals surface area contributed by atoms with Crippen LogP contribution in [0.5, 0.6) is 0 Å². The average Bonchev–Trinajstić information content (AvgIpc) is 2.82. The number of rotatable bonds is 7. The molecule has 2 fully saturated rings. The summed E-state index contributed by atoms with van der Waals surface area (Å²) in [6, 6.07) is 5.34. The van der Waals surface area contributed by atoms with Gasteiger partial charge in [0.1, 0.15) is 6.54 Å². The van der Waals surface area contributed by atoms with Crippen LogP contribution in [-0.4, -0.2) is 93.7 Å². The maximum Gasteiger partial charge on any atom is 0.243 e. The number of morpholine rings is 1. The molecule has 3 aliphatic heterocycles. The predicted molar refractivity (Wildman–Crippen MR) is 127 cm³/mol. The second kappa shape index (κ2) is 10.7. The van der Waals surface area contributed by atoms with E-state index in [1.807, 2.05) is 0 Å². The molecule has 0 aliphatic carbocycles. The highest BCUT2D eigenvalue weighted by Gasteiger charge is 2.31. The van der Waals surface area contributed by atoms with Crippen LogP contribution in [0.1, 0.15) is 26.2 Å². The van der Waals surface area contributed by atoms with Gasteiger partial charge in [0, 0.05) is 37.1 Å². The number of sulfonamides is 1. The summed E-state index contributed by atoms with van der Waals surface area (Å²) in [4.78, 5) is 30.0. The number of hydrogen-bond donors (Lipinski definition) is 1. The van der Waals surface area contributed by atoms with Crippen molar-refractivity contribution in [1.82, 2.24) is 14.5 Å². The summed E-state index contributed by atoms with van der Waals surface area (Å²) in [5.41, 5.74) is 0.477. The molecule has 1 aromatic carbocycles. The summed E-state index contributed by atoms with van der Waals surface area (Å²) in [5, 5.41) is 2.92. The van der Waals surface area contributed by atoms with Gasteiger partial charge >= 0.3 is 0 Å². The molecule has 1 N–H and O–H groups in total. The van der Waals surface area contributed by atoms with Crippen LogP contribution in [-0.2, 0) is 24.3 Å². The van der Waals surface area contributed by atoms with E-state index in [-0.39, 0.29) is 29.0 Å². The zero-order chi connectivity index (χ0) is 23.4. The fourth-order valence-corrected chi connectivity index (χ4v) is 6.82. The van der Waals surface area contributed by atoms with Gasteiger partial charge in [0.2, 0.25) is 21.8 Å². The van der Waals surface area contributed by atoms with Gasteiger partial charge in [0.05, 0.1) is 29.5 Å². The fraction of sp³-hybridized carbons (Fsp3) is 0.636. The molecule has 0 bridgehead atoms. The summed E-state index contributed by atoms with van der Waals surface area (Å²) >= 11 is 1.36. The normalized spacial score (nSPS) is 22.8. The molecule has 0 saturated carbocycles. The summed E-state index contributed by atoms with van der Waals surface area (Å²) in [6.45, 7) is 5.78. The van der Waals surface area contributed by atoms with Gasteiger partial charge in [-0.1, -0.05) is 6.42 Å². The molecule has 33 heavy (non-hydrogen) atoms. The van der Waals surface area contributed by atoms with E-state index in [4.69, 9.17) is 4.74 Å². The zero-order valence-electron chi connectivity index (χ0n) is 19.0. The number of carbonyl (C=O) groups excluding carboxylic acids is 2. The third-order valence-corrected chi connectivity index (χ3v) is 9.39. The Morgan fingerprint density at radius 3 is 2.76 bits per heavy atom. The molecular weight excluding hydrogens is 464 g/mol. The Morgan fingerprint density at radius 1 is 1.21 bits per heavy atom. The van der Waals surface area contributed by atoms with Crippen LogP contribution >= 0.6 is 11.8 Å². The van der Waals surface area contributed by atoms with E-state index < -0.39 is 10.0 Å². The van der Waals surface area contributed by atoms with E-state index in [1.165, 1.54) is 46.3 Å². The van der Waals surface area contributed by atoms with Crippen molar-refractivity contribution < 1.29 is 22.7 Å². The van der Waals surface area contributed by atoms with Crippen molar-refractivity contribution in [2.45, 2.75) is 42.0 Å². The van der Waals surface area contributed by atoms with E-state index in [1.54, 1.807) is 12.1 Å². The Kier molecular flexibility index (Phi) is 7.95. The van der Waals surface area contributed by atoms with Crippen molar-refractivity contribution in [2.75, 3.05) is 63.1 Å². The van der Waals surface area contributed by atoms with Crippen LogP contribution in [0, 0.1) is 0 Å². The topological polar surface area (TPSA) is 99.3 Å². The van der Waals surface area contributed by atoms with Gasteiger partial charge in [-0.25, -0.2) is 8.42 Å². The molecular formula is C22H32N4O5S2. The van der Waals surface area contributed by atoms with Gasteiger partial charge in [-0.15, -0.1) is 11.8 Å². The first kappa shape index (κ1) is 24.5. The quantitative estimate of drug-likeness (QED) is 0.604. The Labute approximate surface area is 199 Å². The lowest BCUT2D eigenvalue weighted by Crippen LogP contribution is -2.46. The number of nitrogens with zero attached hydrogens (tertiary/aromatic N) is 3. The van der Waals surface area contributed by atoms with E-state index in [2.05, 4.69) is 17.1 Å². The van der Waals surface area contributed by atoms with Crippen molar-refractivity contribution in [3.05, 3.63) is 18.2 Å². The lowest BCUT2D eigenvalue weighted by Gasteiger charge is -2.33. The SMILES string of the molecule is C[C@H]1CCCCN1CCNC(=O)CN1C(=O)CSc2ccc(S(=O)(=O)N3CCOCC3)cc21. The Morgan fingerprint density at radius 2 is 2.00 bits per heavy atom. The number of anilines is 1.